The average Bonchev–Trinajstić information content (AvgIpc) is 3.34. The van der Waals surface area contributed by atoms with Crippen LogP contribution in [0, 0.1) is 3.57 Å². The van der Waals surface area contributed by atoms with Crippen molar-refractivity contribution in [1.82, 2.24) is 9.97 Å². The van der Waals surface area contributed by atoms with E-state index in [1.807, 2.05) is 24.3 Å². The standard InChI is InChI=1S/C17H13IN2O/c18-14-15(11-8-9-11)19-16(20-17(14)21)13-7-3-5-10-4-1-2-6-12(10)13/h1-7,11H,8-9H2,(H,19,20,21). The molecule has 0 aliphatic heterocycles. The first-order chi connectivity index (χ1) is 10.2. The summed E-state index contributed by atoms with van der Waals surface area (Å²) in [6.07, 6.45) is 2.28. The molecular formula is C17H13IN2O. The molecule has 0 spiro atoms. The number of hydrogen-bond acceptors (Lipinski definition) is 2. The Morgan fingerprint density at radius 1 is 1.10 bits per heavy atom. The Morgan fingerprint density at radius 2 is 1.86 bits per heavy atom. The fraction of sp³-hybridized carbons (Fsp3) is 0.176. The molecule has 0 amide bonds. The minimum Gasteiger partial charge on any atom is -0.306 e. The number of nitrogens with zero attached hydrogens (tertiary/aromatic N) is 1. The molecule has 104 valence electrons. The smallest absolute Gasteiger partial charge is 0.264 e. The van der Waals surface area contributed by atoms with Crippen LogP contribution >= 0.6 is 22.6 Å². The number of aromatic amines is 1. The third kappa shape index (κ3) is 2.27. The number of hydrogen-bond donors (Lipinski definition) is 1. The fourth-order valence-electron chi connectivity index (χ4n) is 2.66. The van der Waals surface area contributed by atoms with E-state index in [4.69, 9.17) is 4.98 Å². The molecule has 2 aromatic carbocycles. The lowest BCUT2D eigenvalue weighted by Gasteiger charge is -2.08. The largest absolute Gasteiger partial charge is 0.306 e. The molecule has 0 radical (unpaired) electrons. The van der Waals surface area contributed by atoms with Crippen LogP contribution in [0.15, 0.2) is 47.3 Å². The third-order valence-electron chi connectivity index (χ3n) is 3.90. The monoisotopic (exact) mass is 388 g/mol. The zero-order valence-electron chi connectivity index (χ0n) is 11.3. The second kappa shape index (κ2) is 4.94. The van der Waals surface area contributed by atoms with Crippen molar-refractivity contribution in [1.29, 1.82) is 0 Å². The Kier molecular flexibility index (Phi) is 3.06. The van der Waals surface area contributed by atoms with Gasteiger partial charge in [0.05, 0.1) is 9.26 Å². The minimum atomic E-state index is -0.0320. The SMILES string of the molecule is O=c1[nH]c(-c2cccc3ccccc23)nc(C2CC2)c1I. The second-order valence-electron chi connectivity index (χ2n) is 5.41. The number of aromatic nitrogens is 2. The van der Waals surface area contributed by atoms with Gasteiger partial charge in [-0.15, -0.1) is 0 Å². The van der Waals surface area contributed by atoms with Gasteiger partial charge in [0.15, 0.2) is 0 Å². The topological polar surface area (TPSA) is 45.8 Å². The number of halogens is 1. The second-order valence-corrected chi connectivity index (χ2v) is 6.49. The van der Waals surface area contributed by atoms with Crippen LogP contribution in [0.3, 0.4) is 0 Å². The van der Waals surface area contributed by atoms with Crippen LogP contribution in [-0.2, 0) is 0 Å². The number of H-pyrrole nitrogens is 1. The predicted octanol–water partition coefficient (Wildman–Crippen LogP) is 4.07. The molecule has 3 nitrogen and oxygen atoms in total. The number of rotatable bonds is 2. The van der Waals surface area contributed by atoms with Crippen molar-refractivity contribution in [2.24, 2.45) is 0 Å². The highest BCUT2D eigenvalue weighted by Gasteiger charge is 2.29. The Bertz CT molecular complexity index is 891. The summed E-state index contributed by atoms with van der Waals surface area (Å²) in [6.45, 7) is 0. The van der Waals surface area contributed by atoms with Gasteiger partial charge in [-0.3, -0.25) is 4.79 Å². The third-order valence-corrected chi connectivity index (χ3v) is 4.94. The van der Waals surface area contributed by atoms with Gasteiger partial charge in [0.25, 0.3) is 5.56 Å². The lowest BCUT2D eigenvalue weighted by atomic mass is 10.0. The molecular weight excluding hydrogens is 375 g/mol. The molecule has 3 aromatic rings. The predicted molar refractivity (Wildman–Crippen MR) is 92.5 cm³/mol. The molecule has 21 heavy (non-hydrogen) atoms. The normalized spacial score (nSPS) is 14.5. The summed E-state index contributed by atoms with van der Waals surface area (Å²) in [6, 6.07) is 14.3. The Labute approximate surface area is 135 Å². The Morgan fingerprint density at radius 3 is 2.67 bits per heavy atom. The highest BCUT2D eigenvalue weighted by Crippen LogP contribution is 2.40. The van der Waals surface area contributed by atoms with Gasteiger partial charge in [-0.25, -0.2) is 4.98 Å². The lowest BCUT2D eigenvalue weighted by Crippen LogP contribution is -2.16. The average molecular weight is 388 g/mol. The van der Waals surface area contributed by atoms with E-state index in [1.165, 1.54) is 0 Å². The molecule has 0 unspecified atom stereocenters. The molecule has 1 heterocycles. The summed E-state index contributed by atoms with van der Waals surface area (Å²) in [5.74, 6) is 1.15. The van der Waals surface area contributed by atoms with E-state index in [0.29, 0.717) is 11.7 Å². The maximum Gasteiger partial charge on any atom is 0.264 e. The summed E-state index contributed by atoms with van der Waals surface area (Å²) >= 11 is 2.11. The van der Waals surface area contributed by atoms with Crippen molar-refractivity contribution in [2.75, 3.05) is 0 Å². The van der Waals surface area contributed by atoms with Crippen LogP contribution < -0.4 is 5.56 Å². The van der Waals surface area contributed by atoms with Crippen molar-refractivity contribution in [3.05, 3.63) is 62.1 Å². The van der Waals surface area contributed by atoms with Gasteiger partial charge in [0.2, 0.25) is 0 Å². The van der Waals surface area contributed by atoms with Crippen LogP contribution in [0.25, 0.3) is 22.2 Å². The highest BCUT2D eigenvalue weighted by atomic mass is 127. The molecule has 0 bridgehead atoms. The van der Waals surface area contributed by atoms with E-state index in [1.54, 1.807) is 0 Å². The van der Waals surface area contributed by atoms with Gasteiger partial charge in [-0.1, -0.05) is 42.5 Å². The van der Waals surface area contributed by atoms with E-state index < -0.39 is 0 Å². The van der Waals surface area contributed by atoms with Gasteiger partial charge in [0.1, 0.15) is 5.82 Å². The van der Waals surface area contributed by atoms with Crippen molar-refractivity contribution < 1.29 is 0 Å². The zero-order valence-corrected chi connectivity index (χ0v) is 13.4. The Balaban J connectivity index is 1.99. The summed E-state index contributed by atoms with van der Waals surface area (Å²) in [5.41, 5.74) is 1.92. The lowest BCUT2D eigenvalue weighted by molar-refractivity contribution is 0.959. The van der Waals surface area contributed by atoms with Gasteiger partial charge in [-0.05, 0) is 46.2 Å². The fourth-order valence-corrected chi connectivity index (χ4v) is 3.36. The molecule has 1 aliphatic carbocycles. The van der Waals surface area contributed by atoms with Crippen LogP contribution in [0.4, 0.5) is 0 Å². The van der Waals surface area contributed by atoms with Gasteiger partial charge < -0.3 is 4.98 Å². The molecule has 1 aliphatic rings. The van der Waals surface area contributed by atoms with E-state index >= 15 is 0 Å². The summed E-state index contributed by atoms with van der Waals surface area (Å²) < 4.78 is 0.735. The van der Waals surface area contributed by atoms with Gasteiger partial charge >= 0.3 is 0 Å². The maximum absolute atomic E-state index is 12.2. The molecule has 4 heteroatoms. The maximum atomic E-state index is 12.2. The van der Waals surface area contributed by atoms with Crippen LogP contribution in [0.1, 0.15) is 24.5 Å². The molecule has 1 N–H and O–H groups in total. The molecule has 0 atom stereocenters. The number of nitrogens with one attached hydrogen (secondary N) is 1. The van der Waals surface area contributed by atoms with Crippen molar-refractivity contribution in [3.63, 3.8) is 0 Å². The molecule has 1 aromatic heterocycles. The van der Waals surface area contributed by atoms with Gasteiger partial charge in [-0.2, -0.15) is 0 Å². The van der Waals surface area contributed by atoms with Crippen LogP contribution in [0.2, 0.25) is 0 Å². The van der Waals surface area contributed by atoms with Crippen LogP contribution in [-0.4, -0.2) is 9.97 Å². The van der Waals surface area contributed by atoms with Crippen molar-refractivity contribution in [3.8, 4) is 11.4 Å². The molecule has 1 saturated carbocycles. The molecule has 4 rings (SSSR count). The molecule has 1 fully saturated rings. The number of benzene rings is 2. The van der Waals surface area contributed by atoms with E-state index in [0.717, 1.165) is 38.4 Å². The van der Waals surface area contributed by atoms with Gasteiger partial charge in [0, 0.05) is 11.5 Å². The minimum absolute atomic E-state index is 0.0320. The quantitative estimate of drug-likeness (QED) is 0.673. The zero-order chi connectivity index (χ0) is 14.4. The Hall–Kier alpha value is -1.69. The molecule has 0 saturated heterocycles. The number of fused-ring (bicyclic) bond motifs is 1. The van der Waals surface area contributed by atoms with Crippen molar-refractivity contribution >= 4 is 33.4 Å². The van der Waals surface area contributed by atoms with E-state index in [2.05, 4.69) is 45.8 Å². The first-order valence-corrected chi connectivity index (χ1v) is 8.10. The highest BCUT2D eigenvalue weighted by molar-refractivity contribution is 14.1. The summed E-state index contributed by atoms with van der Waals surface area (Å²) in [4.78, 5) is 19.9. The van der Waals surface area contributed by atoms with Crippen LogP contribution in [0.5, 0.6) is 0 Å². The summed E-state index contributed by atoms with van der Waals surface area (Å²) in [7, 11) is 0. The summed E-state index contributed by atoms with van der Waals surface area (Å²) in [5, 5.41) is 2.27. The van der Waals surface area contributed by atoms with E-state index in [-0.39, 0.29) is 5.56 Å². The van der Waals surface area contributed by atoms with E-state index in [9.17, 15) is 4.79 Å². The van der Waals surface area contributed by atoms with Crippen molar-refractivity contribution in [2.45, 2.75) is 18.8 Å². The first-order valence-electron chi connectivity index (χ1n) is 7.02. The first kappa shape index (κ1) is 13.0.